The number of piperidine rings is 1. The van der Waals surface area contributed by atoms with Gasteiger partial charge in [0.25, 0.3) is 5.91 Å². The number of ether oxygens (including phenoxy) is 1. The number of benzene rings is 2. The van der Waals surface area contributed by atoms with E-state index in [1.165, 1.54) is 17.7 Å². The van der Waals surface area contributed by atoms with Crippen molar-refractivity contribution in [1.82, 2.24) is 4.90 Å². The summed E-state index contributed by atoms with van der Waals surface area (Å²) in [6.07, 6.45) is 3.76. The Morgan fingerprint density at radius 2 is 1.88 bits per heavy atom. The van der Waals surface area contributed by atoms with Gasteiger partial charge in [-0.25, -0.2) is 4.39 Å². The fourth-order valence-electron chi connectivity index (χ4n) is 3.74. The van der Waals surface area contributed by atoms with Gasteiger partial charge in [0.05, 0.1) is 11.3 Å². The van der Waals surface area contributed by atoms with Gasteiger partial charge in [-0.3, -0.25) is 4.79 Å². The standard InChI is InChI=1S/C21H23FN2O2/c22-16-6-8-17(9-7-16)26-18-10-13-24(14-11-18)21(25)19-5-1-3-15-4-2-12-23-20(15)19/h1,3,5-9,18,23H,2,4,10-14H2. The minimum Gasteiger partial charge on any atom is -0.490 e. The second-order valence-corrected chi connectivity index (χ2v) is 6.93. The first-order chi connectivity index (χ1) is 12.7. The number of hydrogen-bond donors (Lipinski definition) is 1. The molecule has 0 bridgehead atoms. The molecule has 1 N–H and O–H groups in total. The molecule has 4 rings (SSSR count). The zero-order valence-corrected chi connectivity index (χ0v) is 14.7. The van der Waals surface area contributed by atoms with Crippen LogP contribution < -0.4 is 10.1 Å². The number of hydrogen-bond acceptors (Lipinski definition) is 3. The second-order valence-electron chi connectivity index (χ2n) is 6.93. The van der Waals surface area contributed by atoms with E-state index in [4.69, 9.17) is 4.74 Å². The molecule has 5 heteroatoms. The first-order valence-corrected chi connectivity index (χ1v) is 9.28. The van der Waals surface area contributed by atoms with Gasteiger partial charge in [0, 0.05) is 32.5 Å². The molecule has 2 aliphatic heterocycles. The molecule has 0 aliphatic carbocycles. The van der Waals surface area contributed by atoms with E-state index in [0.717, 1.165) is 43.5 Å². The van der Waals surface area contributed by atoms with Gasteiger partial charge in [0.1, 0.15) is 17.7 Å². The average molecular weight is 354 g/mol. The third-order valence-corrected chi connectivity index (χ3v) is 5.15. The number of amides is 1. The van der Waals surface area contributed by atoms with E-state index in [0.29, 0.717) is 18.8 Å². The number of carbonyl (C=O) groups excluding carboxylic acids is 1. The highest BCUT2D eigenvalue weighted by Gasteiger charge is 2.27. The molecular weight excluding hydrogens is 331 g/mol. The number of halogens is 1. The van der Waals surface area contributed by atoms with Crippen molar-refractivity contribution in [2.24, 2.45) is 0 Å². The van der Waals surface area contributed by atoms with Crippen molar-refractivity contribution < 1.29 is 13.9 Å². The van der Waals surface area contributed by atoms with Crippen molar-refractivity contribution in [1.29, 1.82) is 0 Å². The number of carbonyl (C=O) groups is 1. The zero-order valence-electron chi connectivity index (χ0n) is 14.7. The van der Waals surface area contributed by atoms with Gasteiger partial charge in [0.2, 0.25) is 0 Å². The minimum absolute atomic E-state index is 0.0623. The van der Waals surface area contributed by atoms with Gasteiger partial charge in [-0.05, 0) is 48.7 Å². The summed E-state index contributed by atoms with van der Waals surface area (Å²) in [4.78, 5) is 14.9. The normalized spacial score (nSPS) is 17.3. The van der Waals surface area contributed by atoms with Crippen LogP contribution in [0.1, 0.15) is 35.2 Å². The Kier molecular flexibility index (Phi) is 4.78. The SMILES string of the molecule is O=C(c1cccc2c1NCCC2)N1CCC(Oc2ccc(F)cc2)CC1. The van der Waals surface area contributed by atoms with Crippen LogP contribution in [0.3, 0.4) is 0 Å². The molecule has 26 heavy (non-hydrogen) atoms. The molecule has 0 radical (unpaired) electrons. The van der Waals surface area contributed by atoms with E-state index in [2.05, 4.69) is 11.4 Å². The van der Waals surface area contributed by atoms with Crippen molar-refractivity contribution in [3.05, 3.63) is 59.4 Å². The zero-order chi connectivity index (χ0) is 17.9. The van der Waals surface area contributed by atoms with E-state index < -0.39 is 0 Å². The van der Waals surface area contributed by atoms with Gasteiger partial charge < -0.3 is 15.0 Å². The van der Waals surface area contributed by atoms with Crippen molar-refractivity contribution in [2.75, 3.05) is 25.0 Å². The number of likely N-dealkylation sites (tertiary alicyclic amines) is 1. The summed E-state index contributed by atoms with van der Waals surface area (Å²) >= 11 is 0. The third kappa shape index (κ3) is 3.52. The first-order valence-electron chi connectivity index (χ1n) is 9.28. The molecule has 136 valence electrons. The van der Waals surface area contributed by atoms with Gasteiger partial charge in [-0.2, -0.15) is 0 Å². The summed E-state index contributed by atoms with van der Waals surface area (Å²) in [5.41, 5.74) is 3.02. The van der Waals surface area contributed by atoms with Gasteiger partial charge in [-0.1, -0.05) is 12.1 Å². The highest BCUT2D eigenvalue weighted by molar-refractivity contribution is 6.00. The smallest absolute Gasteiger partial charge is 0.255 e. The highest BCUT2D eigenvalue weighted by atomic mass is 19.1. The lowest BCUT2D eigenvalue weighted by molar-refractivity contribution is 0.0596. The molecule has 0 spiro atoms. The molecule has 0 aromatic heterocycles. The maximum atomic E-state index is 13.0. The molecule has 2 heterocycles. The van der Waals surface area contributed by atoms with Gasteiger partial charge in [-0.15, -0.1) is 0 Å². The number of nitrogens with zero attached hydrogens (tertiary/aromatic N) is 1. The molecule has 2 aliphatic rings. The van der Waals surface area contributed by atoms with E-state index in [-0.39, 0.29) is 17.8 Å². The molecule has 2 aromatic carbocycles. The Balaban J connectivity index is 1.39. The lowest BCUT2D eigenvalue weighted by Crippen LogP contribution is -2.42. The Morgan fingerprint density at radius 3 is 2.65 bits per heavy atom. The maximum Gasteiger partial charge on any atom is 0.255 e. The van der Waals surface area contributed by atoms with E-state index in [1.807, 2.05) is 17.0 Å². The van der Waals surface area contributed by atoms with Crippen LogP contribution in [-0.4, -0.2) is 36.5 Å². The van der Waals surface area contributed by atoms with Crippen LogP contribution in [0.15, 0.2) is 42.5 Å². The van der Waals surface area contributed by atoms with Gasteiger partial charge in [0.15, 0.2) is 0 Å². The lowest BCUT2D eigenvalue weighted by atomic mass is 9.98. The number of para-hydroxylation sites is 1. The Hall–Kier alpha value is -2.56. The van der Waals surface area contributed by atoms with Crippen molar-refractivity contribution in [2.45, 2.75) is 31.8 Å². The van der Waals surface area contributed by atoms with Crippen LogP contribution in [0.5, 0.6) is 5.75 Å². The number of anilines is 1. The summed E-state index contributed by atoms with van der Waals surface area (Å²) in [5, 5.41) is 3.39. The quantitative estimate of drug-likeness (QED) is 0.910. The number of aryl methyl sites for hydroxylation is 1. The molecular formula is C21H23FN2O2. The fraction of sp³-hybridized carbons (Fsp3) is 0.381. The largest absolute Gasteiger partial charge is 0.490 e. The molecule has 2 aromatic rings. The predicted molar refractivity (Wildman–Crippen MR) is 99.2 cm³/mol. The number of fused-ring (bicyclic) bond motifs is 1. The second kappa shape index (κ2) is 7.36. The maximum absolute atomic E-state index is 13.0. The molecule has 1 fully saturated rings. The topological polar surface area (TPSA) is 41.6 Å². The summed E-state index contributed by atoms with van der Waals surface area (Å²) in [7, 11) is 0. The minimum atomic E-state index is -0.266. The van der Waals surface area contributed by atoms with Crippen molar-refractivity contribution in [3.8, 4) is 5.75 Å². The summed E-state index contributed by atoms with van der Waals surface area (Å²) < 4.78 is 18.9. The number of nitrogens with one attached hydrogen (secondary N) is 1. The Bertz CT molecular complexity index is 783. The van der Waals surface area contributed by atoms with E-state index in [9.17, 15) is 9.18 Å². The monoisotopic (exact) mass is 354 g/mol. The molecule has 0 saturated carbocycles. The van der Waals surface area contributed by atoms with Crippen LogP contribution in [-0.2, 0) is 6.42 Å². The summed E-state index contributed by atoms with van der Waals surface area (Å²) in [6.45, 7) is 2.27. The molecule has 4 nitrogen and oxygen atoms in total. The number of rotatable bonds is 3. The first kappa shape index (κ1) is 16.9. The molecule has 0 unspecified atom stereocenters. The average Bonchev–Trinajstić information content (AvgIpc) is 2.69. The Labute approximate surface area is 153 Å². The highest BCUT2D eigenvalue weighted by Crippen LogP contribution is 2.28. The van der Waals surface area contributed by atoms with Crippen molar-refractivity contribution >= 4 is 11.6 Å². The molecule has 1 amide bonds. The van der Waals surface area contributed by atoms with Crippen LogP contribution in [0.25, 0.3) is 0 Å². The van der Waals surface area contributed by atoms with Crippen LogP contribution >= 0.6 is 0 Å². The van der Waals surface area contributed by atoms with E-state index in [1.54, 1.807) is 12.1 Å². The predicted octanol–water partition coefficient (Wildman–Crippen LogP) is 3.87. The van der Waals surface area contributed by atoms with Crippen molar-refractivity contribution in [3.63, 3.8) is 0 Å². The van der Waals surface area contributed by atoms with Crippen LogP contribution in [0.4, 0.5) is 10.1 Å². The van der Waals surface area contributed by atoms with Crippen LogP contribution in [0, 0.1) is 5.82 Å². The third-order valence-electron chi connectivity index (χ3n) is 5.15. The summed E-state index contributed by atoms with van der Waals surface area (Å²) in [5.74, 6) is 0.506. The fourth-order valence-corrected chi connectivity index (χ4v) is 3.74. The lowest BCUT2D eigenvalue weighted by Gasteiger charge is -2.33. The van der Waals surface area contributed by atoms with E-state index >= 15 is 0 Å². The van der Waals surface area contributed by atoms with Crippen LogP contribution in [0.2, 0.25) is 0 Å². The molecule has 0 atom stereocenters. The Morgan fingerprint density at radius 1 is 1.12 bits per heavy atom. The molecule has 1 saturated heterocycles. The van der Waals surface area contributed by atoms with Gasteiger partial charge >= 0.3 is 0 Å². The summed E-state index contributed by atoms with van der Waals surface area (Å²) in [6, 6.07) is 12.1.